The Bertz CT molecular complexity index is 2970. The van der Waals surface area contributed by atoms with Crippen LogP contribution in [0.25, 0.3) is 100 Å². The van der Waals surface area contributed by atoms with E-state index in [1.165, 1.54) is 0 Å². The van der Waals surface area contributed by atoms with Crippen molar-refractivity contribution in [2.45, 2.75) is 0 Å². The van der Waals surface area contributed by atoms with Crippen molar-refractivity contribution < 1.29 is 8.83 Å². The van der Waals surface area contributed by atoms with Crippen LogP contribution in [0.5, 0.6) is 0 Å². The zero-order valence-electron chi connectivity index (χ0n) is 26.9. The second kappa shape index (κ2) is 10.7. The summed E-state index contributed by atoms with van der Waals surface area (Å²) in [7, 11) is 0. The highest BCUT2D eigenvalue weighted by molar-refractivity contribution is 6.34. The molecule has 4 heterocycles. The summed E-state index contributed by atoms with van der Waals surface area (Å²) in [6.07, 6.45) is 0. The number of hydrogen-bond acceptors (Lipinski definition) is 4. The van der Waals surface area contributed by atoms with Gasteiger partial charge in [0.1, 0.15) is 34.0 Å². The van der Waals surface area contributed by atoms with Gasteiger partial charge in [-0.1, -0.05) is 103 Å². The number of imidazole rings is 2. The lowest BCUT2D eigenvalue weighted by Gasteiger charge is -2.17. The van der Waals surface area contributed by atoms with Crippen molar-refractivity contribution in [2.24, 2.45) is 0 Å². The molecule has 4 aromatic heterocycles. The Morgan fingerprint density at radius 1 is 0.412 bits per heavy atom. The second-order valence-electron chi connectivity index (χ2n) is 12.7. The maximum Gasteiger partial charge on any atom is 0.149 e. The topological polar surface area (TPSA) is 61.9 Å². The van der Waals surface area contributed by atoms with Gasteiger partial charge in [0.15, 0.2) is 0 Å². The summed E-state index contributed by atoms with van der Waals surface area (Å²) in [6.45, 7) is 0. The van der Waals surface area contributed by atoms with E-state index in [2.05, 4.69) is 69.8 Å². The number of nitrogens with zero attached hydrogens (tertiary/aromatic N) is 4. The Morgan fingerprint density at radius 3 is 1.33 bits per heavy atom. The normalized spacial score (nSPS) is 12.0. The Balaban J connectivity index is 1.19. The van der Waals surface area contributed by atoms with Crippen molar-refractivity contribution in [1.82, 2.24) is 19.1 Å². The molecular formula is C44H25ClN4O2. The average molecular weight is 677 g/mol. The first kappa shape index (κ1) is 28.2. The highest BCUT2D eigenvalue weighted by atomic mass is 35.5. The van der Waals surface area contributed by atoms with Crippen LogP contribution in [0, 0.1) is 0 Å². The van der Waals surface area contributed by atoms with Gasteiger partial charge in [-0.3, -0.25) is 9.13 Å². The summed E-state index contributed by atoms with van der Waals surface area (Å²) in [5.74, 6) is 1.48. The third-order valence-electron chi connectivity index (χ3n) is 9.85. The zero-order valence-corrected chi connectivity index (χ0v) is 27.7. The summed E-state index contributed by atoms with van der Waals surface area (Å²) in [4.78, 5) is 10.4. The molecule has 6 nitrogen and oxygen atoms in total. The molecule has 0 saturated carbocycles. The maximum atomic E-state index is 7.63. The van der Waals surface area contributed by atoms with E-state index in [-0.39, 0.29) is 0 Å². The molecule has 240 valence electrons. The quantitative estimate of drug-likeness (QED) is 0.186. The SMILES string of the molecule is Clc1c(-n2c(-c3cccc4c3oc3ccccc34)nc3ccccc32)cccc1-n1c(-c2cccc3c2oc2ccccc23)nc2ccccc21. The van der Waals surface area contributed by atoms with Crippen LogP contribution in [0.1, 0.15) is 0 Å². The van der Waals surface area contributed by atoms with Gasteiger partial charge in [0.2, 0.25) is 0 Å². The molecule has 0 N–H and O–H groups in total. The van der Waals surface area contributed by atoms with Gasteiger partial charge in [0, 0.05) is 21.5 Å². The molecule has 0 amide bonds. The number of rotatable bonds is 4. The fourth-order valence-corrected chi connectivity index (χ4v) is 7.90. The van der Waals surface area contributed by atoms with E-state index in [4.69, 9.17) is 30.4 Å². The van der Waals surface area contributed by atoms with Crippen molar-refractivity contribution in [1.29, 1.82) is 0 Å². The Kier molecular flexibility index (Phi) is 5.91. The smallest absolute Gasteiger partial charge is 0.149 e. The van der Waals surface area contributed by atoms with Gasteiger partial charge >= 0.3 is 0 Å². The van der Waals surface area contributed by atoms with Crippen molar-refractivity contribution in [2.75, 3.05) is 0 Å². The van der Waals surface area contributed by atoms with E-state index in [0.717, 1.165) is 100 Å². The molecule has 0 spiro atoms. The number of halogens is 1. The van der Waals surface area contributed by atoms with Crippen molar-refractivity contribution >= 4 is 77.5 Å². The molecule has 11 rings (SSSR count). The molecule has 0 aliphatic rings. The van der Waals surface area contributed by atoms with E-state index in [0.29, 0.717) is 5.02 Å². The van der Waals surface area contributed by atoms with E-state index in [9.17, 15) is 0 Å². The zero-order chi connectivity index (χ0) is 33.6. The summed E-state index contributed by atoms with van der Waals surface area (Å²) in [6, 6.07) is 51.1. The van der Waals surface area contributed by atoms with Crippen LogP contribution in [0.4, 0.5) is 0 Å². The largest absolute Gasteiger partial charge is 0.455 e. The van der Waals surface area contributed by atoms with Gasteiger partial charge in [-0.25, -0.2) is 9.97 Å². The highest BCUT2D eigenvalue weighted by Gasteiger charge is 2.25. The lowest BCUT2D eigenvalue weighted by molar-refractivity contribution is 0.669. The Morgan fingerprint density at radius 2 is 0.824 bits per heavy atom. The van der Waals surface area contributed by atoms with Crippen LogP contribution in [0.3, 0.4) is 0 Å². The number of para-hydroxylation sites is 8. The first-order chi connectivity index (χ1) is 25.2. The van der Waals surface area contributed by atoms with Gasteiger partial charge in [-0.05, 0) is 60.7 Å². The number of furan rings is 2. The molecule has 0 atom stereocenters. The average Bonchev–Trinajstić information content (AvgIpc) is 3.95. The summed E-state index contributed by atoms with van der Waals surface area (Å²) < 4.78 is 17.3. The molecule has 11 aromatic rings. The molecule has 0 fully saturated rings. The van der Waals surface area contributed by atoms with Gasteiger partial charge in [-0.15, -0.1) is 0 Å². The van der Waals surface area contributed by atoms with E-state index < -0.39 is 0 Å². The van der Waals surface area contributed by atoms with Crippen molar-refractivity contribution in [3.8, 4) is 34.2 Å². The van der Waals surface area contributed by atoms with Gasteiger partial charge in [-0.2, -0.15) is 0 Å². The lowest BCUT2D eigenvalue weighted by atomic mass is 10.1. The minimum Gasteiger partial charge on any atom is -0.455 e. The number of fused-ring (bicyclic) bond motifs is 8. The molecule has 0 aliphatic heterocycles. The highest BCUT2D eigenvalue weighted by Crippen LogP contribution is 2.42. The predicted molar refractivity (Wildman–Crippen MR) is 206 cm³/mol. The molecule has 7 heteroatoms. The van der Waals surface area contributed by atoms with E-state index in [1.807, 2.05) is 91.0 Å². The molecule has 51 heavy (non-hydrogen) atoms. The molecule has 0 aliphatic carbocycles. The number of aromatic nitrogens is 4. The summed E-state index contributed by atoms with van der Waals surface area (Å²) in [5.41, 5.74) is 10.1. The predicted octanol–water partition coefficient (Wildman–Crippen LogP) is 12.2. The van der Waals surface area contributed by atoms with Gasteiger partial charge < -0.3 is 8.83 Å². The summed E-state index contributed by atoms with van der Waals surface area (Å²) in [5, 5.41) is 4.76. The fourth-order valence-electron chi connectivity index (χ4n) is 7.60. The lowest BCUT2D eigenvalue weighted by Crippen LogP contribution is -2.04. The Labute approximate surface area is 295 Å². The van der Waals surface area contributed by atoms with Crippen molar-refractivity contribution in [3.63, 3.8) is 0 Å². The standard InChI is InChI=1S/C44H25ClN4O2/c45-40-36(48-34-20-5-3-18-32(34)46-43(48)30-16-9-14-28-26-12-1-7-24-38(26)50-41(28)30)22-11-23-37(40)49-35-21-6-4-19-33(35)47-44(49)31-17-10-15-29-27-13-2-8-25-39(27)51-42(29)31/h1-25H. The Hall–Kier alpha value is -6.63. The van der Waals surface area contributed by atoms with Crippen molar-refractivity contribution in [3.05, 3.63) is 157 Å². The first-order valence-electron chi connectivity index (χ1n) is 16.8. The molecule has 0 saturated heterocycles. The molecule has 0 radical (unpaired) electrons. The third kappa shape index (κ3) is 4.05. The van der Waals surface area contributed by atoms with Crippen LogP contribution >= 0.6 is 11.6 Å². The molecule has 0 unspecified atom stereocenters. The molecule has 0 bridgehead atoms. The minimum atomic E-state index is 0.555. The van der Waals surface area contributed by atoms with E-state index >= 15 is 0 Å². The van der Waals surface area contributed by atoms with Crippen LogP contribution in [-0.4, -0.2) is 19.1 Å². The van der Waals surface area contributed by atoms with Gasteiger partial charge in [0.25, 0.3) is 0 Å². The monoisotopic (exact) mass is 676 g/mol. The number of benzene rings is 7. The van der Waals surface area contributed by atoms with Crippen LogP contribution in [0.15, 0.2) is 160 Å². The molecular weight excluding hydrogens is 652 g/mol. The van der Waals surface area contributed by atoms with E-state index in [1.54, 1.807) is 0 Å². The van der Waals surface area contributed by atoms with Gasteiger partial charge in [0.05, 0.1) is 49.6 Å². The van der Waals surface area contributed by atoms with Crippen LogP contribution in [-0.2, 0) is 0 Å². The second-order valence-corrected chi connectivity index (χ2v) is 13.1. The summed E-state index contributed by atoms with van der Waals surface area (Å²) >= 11 is 7.63. The number of hydrogen-bond donors (Lipinski definition) is 0. The first-order valence-corrected chi connectivity index (χ1v) is 17.2. The fraction of sp³-hybridized carbons (Fsp3) is 0. The minimum absolute atomic E-state index is 0.555. The van der Waals surface area contributed by atoms with Crippen LogP contribution in [0.2, 0.25) is 5.02 Å². The van der Waals surface area contributed by atoms with Crippen LogP contribution < -0.4 is 0 Å². The molecule has 7 aromatic carbocycles. The maximum absolute atomic E-state index is 7.63. The third-order valence-corrected chi connectivity index (χ3v) is 10.2.